The van der Waals surface area contributed by atoms with Crippen LogP contribution < -0.4 is 16.2 Å². The van der Waals surface area contributed by atoms with Gasteiger partial charge in [0, 0.05) is 5.69 Å². The van der Waals surface area contributed by atoms with Crippen LogP contribution in [0.5, 0.6) is 5.75 Å². The van der Waals surface area contributed by atoms with E-state index in [2.05, 4.69) is 0 Å². The number of hydrogen-bond donors (Lipinski definition) is 2. The summed E-state index contributed by atoms with van der Waals surface area (Å²) >= 11 is 0. The number of ether oxygens (including phenoxy) is 1. The van der Waals surface area contributed by atoms with E-state index >= 15 is 0 Å². The average molecular weight is 180 g/mol. The maximum Gasteiger partial charge on any atom is 0.258 e. The summed E-state index contributed by atoms with van der Waals surface area (Å²) in [6.45, 7) is 1.60. The van der Waals surface area contributed by atoms with E-state index in [1.165, 1.54) is 0 Å². The summed E-state index contributed by atoms with van der Waals surface area (Å²) < 4.78 is 5.20. The molecule has 1 amide bonds. The molecule has 0 radical (unpaired) electrons. The van der Waals surface area contributed by atoms with E-state index in [-0.39, 0.29) is 0 Å². The molecule has 0 aliphatic carbocycles. The zero-order chi connectivity index (χ0) is 9.84. The second kappa shape index (κ2) is 3.80. The number of benzene rings is 1. The first-order valence-corrected chi connectivity index (χ1v) is 3.91. The molecule has 0 aliphatic rings. The van der Waals surface area contributed by atoms with E-state index < -0.39 is 12.0 Å². The molecule has 0 heterocycles. The summed E-state index contributed by atoms with van der Waals surface area (Å²) in [5.74, 6) is 0.0947. The predicted molar refractivity (Wildman–Crippen MR) is 50.1 cm³/mol. The fourth-order valence-corrected chi connectivity index (χ4v) is 0.809. The Morgan fingerprint density at radius 1 is 1.38 bits per heavy atom. The van der Waals surface area contributed by atoms with Crippen molar-refractivity contribution < 1.29 is 9.53 Å². The molecule has 0 fully saturated rings. The van der Waals surface area contributed by atoms with Crippen molar-refractivity contribution >= 4 is 11.6 Å². The van der Waals surface area contributed by atoms with E-state index in [4.69, 9.17) is 16.2 Å². The monoisotopic (exact) mass is 180 g/mol. The highest BCUT2D eigenvalue weighted by Gasteiger charge is 2.09. The summed E-state index contributed by atoms with van der Waals surface area (Å²) in [4.78, 5) is 10.6. The molecule has 0 saturated heterocycles. The van der Waals surface area contributed by atoms with E-state index in [9.17, 15) is 4.79 Å². The van der Waals surface area contributed by atoms with Gasteiger partial charge in [-0.25, -0.2) is 0 Å². The number of anilines is 1. The fraction of sp³-hybridized carbons (Fsp3) is 0.222. The molecule has 1 aromatic carbocycles. The Morgan fingerprint density at radius 2 is 1.92 bits per heavy atom. The smallest absolute Gasteiger partial charge is 0.258 e. The standard InChI is InChI=1S/C9H12N2O2/c1-6(9(11)12)13-8-4-2-7(10)3-5-8/h2-6H,10H2,1H3,(H2,11,12)/t6-/m1/s1. The normalized spacial score (nSPS) is 12.1. The van der Waals surface area contributed by atoms with Crippen LogP contribution in [0.3, 0.4) is 0 Å². The van der Waals surface area contributed by atoms with Crippen LogP contribution in [-0.2, 0) is 4.79 Å². The largest absolute Gasteiger partial charge is 0.481 e. The summed E-state index contributed by atoms with van der Waals surface area (Å²) in [6, 6.07) is 6.77. The van der Waals surface area contributed by atoms with Crippen molar-refractivity contribution in [1.82, 2.24) is 0 Å². The Bertz CT molecular complexity index is 295. The van der Waals surface area contributed by atoms with Crippen LogP contribution in [0.1, 0.15) is 6.92 Å². The number of hydrogen-bond acceptors (Lipinski definition) is 3. The van der Waals surface area contributed by atoms with Crippen molar-refractivity contribution in [2.45, 2.75) is 13.0 Å². The molecule has 4 nitrogen and oxygen atoms in total. The Morgan fingerprint density at radius 3 is 2.38 bits per heavy atom. The Labute approximate surface area is 76.5 Å². The van der Waals surface area contributed by atoms with Gasteiger partial charge in [0.15, 0.2) is 6.10 Å². The summed E-state index contributed by atoms with van der Waals surface area (Å²) in [7, 11) is 0. The van der Waals surface area contributed by atoms with Gasteiger partial charge in [0.1, 0.15) is 5.75 Å². The van der Waals surface area contributed by atoms with Crippen LogP contribution in [0.15, 0.2) is 24.3 Å². The van der Waals surface area contributed by atoms with E-state index in [0.29, 0.717) is 11.4 Å². The van der Waals surface area contributed by atoms with Gasteiger partial charge in [0.2, 0.25) is 0 Å². The molecular weight excluding hydrogens is 168 g/mol. The molecule has 1 atom stereocenters. The van der Waals surface area contributed by atoms with Gasteiger partial charge in [0.05, 0.1) is 0 Å². The summed E-state index contributed by atoms with van der Waals surface area (Å²) in [6.07, 6.45) is -0.622. The highest BCUT2D eigenvalue weighted by Crippen LogP contribution is 2.14. The molecule has 1 rings (SSSR count). The van der Waals surface area contributed by atoms with Gasteiger partial charge in [-0.1, -0.05) is 0 Å². The van der Waals surface area contributed by atoms with Gasteiger partial charge in [-0.2, -0.15) is 0 Å². The van der Waals surface area contributed by atoms with Gasteiger partial charge in [-0.3, -0.25) is 4.79 Å². The van der Waals surface area contributed by atoms with Crippen molar-refractivity contribution in [3.63, 3.8) is 0 Å². The van der Waals surface area contributed by atoms with Gasteiger partial charge in [0.25, 0.3) is 5.91 Å². The average Bonchev–Trinajstić information content (AvgIpc) is 2.08. The molecule has 0 spiro atoms. The van der Waals surface area contributed by atoms with E-state index in [1.54, 1.807) is 31.2 Å². The molecule has 0 unspecified atom stereocenters. The zero-order valence-electron chi connectivity index (χ0n) is 7.36. The number of nitrogens with two attached hydrogens (primary N) is 2. The highest BCUT2D eigenvalue weighted by molar-refractivity contribution is 5.78. The second-order valence-electron chi connectivity index (χ2n) is 2.73. The van der Waals surface area contributed by atoms with Crippen molar-refractivity contribution in [1.29, 1.82) is 0 Å². The first-order valence-electron chi connectivity index (χ1n) is 3.91. The Kier molecular flexibility index (Phi) is 2.74. The maximum absolute atomic E-state index is 10.6. The van der Waals surface area contributed by atoms with Crippen molar-refractivity contribution in [2.75, 3.05) is 5.73 Å². The number of carbonyl (C=O) groups is 1. The minimum Gasteiger partial charge on any atom is -0.481 e. The van der Waals surface area contributed by atoms with E-state index in [0.717, 1.165) is 0 Å². The predicted octanol–water partition coefficient (Wildman–Crippen LogP) is 0.521. The molecular formula is C9H12N2O2. The van der Waals surface area contributed by atoms with Gasteiger partial charge in [-0.15, -0.1) is 0 Å². The molecule has 0 bridgehead atoms. The fourth-order valence-electron chi connectivity index (χ4n) is 0.809. The molecule has 1 aromatic rings. The van der Waals surface area contributed by atoms with Crippen LogP contribution in [0.4, 0.5) is 5.69 Å². The number of amides is 1. The summed E-state index contributed by atoms with van der Waals surface area (Å²) in [5, 5.41) is 0. The number of nitrogen functional groups attached to an aromatic ring is 1. The Hall–Kier alpha value is -1.71. The van der Waals surface area contributed by atoms with Crippen LogP contribution in [-0.4, -0.2) is 12.0 Å². The lowest BCUT2D eigenvalue weighted by Gasteiger charge is -2.10. The third-order valence-corrected chi connectivity index (χ3v) is 1.59. The van der Waals surface area contributed by atoms with Gasteiger partial charge < -0.3 is 16.2 Å². The highest BCUT2D eigenvalue weighted by atomic mass is 16.5. The second-order valence-corrected chi connectivity index (χ2v) is 2.73. The van der Waals surface area contributed by atoms with Crippen molar-refractivity contribution in [3.8, 4) is 5.75 Å². The van der Waals surface area contributed by atoms with Gasteiger partial charge >= 0.3 is 0 Å². The lowest BCUT2D eigenvalue weighted by Crippen LogP contribution is -2.30. The third kappa shape index (κ3) is 2.66. The SMILES string of the molecule is C[C@@H](Oc1ccc(N)cc1)C(N)=O. The molecule has 0 saturated carbocycles. The van der Waals surface area contributed by atoms with Crippen molar-refractivity contribution in [2.24, 2.45) is 5.73 Å². The molecule has 0 aromatic heterocycles. The van der Waals surface area contributed by atoms with Crippen LogP contribution in [0, 0.1) is 0 Å². The zero-order valence-corrected chi connectivity index (χ0v) is 7.36. The lowest BCUT2D eigenvalue weighted by atomic mass is 10.3. The lowest BCUT2D eigenvalue weighted by molar-refractivity contribution is -0.123. The molecule has 0 aliphatic heterocycles. The van der Waals surface area contributed by atoms with E-state index in [1.807, 2.05) is 0 Å². The number of carbonyl (C=O) groups excluding carboxylic acids is 1. The summed E-state index contributed by atoms with van der Waals surface area (Å²) in [5.41, 5.74) is 11.1. The molecule has 13 heavy (non-hydrogen) atoms. The van der Waals surface area contributed by atoms with Crippen LogP contribution in [0.2, 0.25) is 0 Å². The first kappa shape index (κ1) is 9.38. The van der Waals surface area contributed by atoms with Crippen LogP contribution >= 0.6 is 0 Å². The quantitative estimate of drug-likeness (QED) is 0.665. The molecule has 4 N–H and O–H groups in total. The topological polar surface area (TPSA) is 78.3 Å². The number of primary amides is 1. The van der Waals surface area contributed by atoms with Crippen molar-refractivity contribution in [3.05, 3.63) is 24.3 Å². The number of rotatable bonds is 3. The first-order chi connectivity index (χ1) is 6.09. The molecule has 70 valence electrons. The Balaban J connectivity index is 2.64. The minimum absolute atomic E-state index is 0.489. The van der Waals surface area contributed by atoms with Crippen LogP contribution in [0.25, 0.3) is 0 Å². The maximum atomic E-state index is 10.6. The minimum atomic E-state index is -0.622. The van der Waals surface area contributed by atoms with Gasteiger partial charge in [-0.05, 0) is 31.2 Å². The molecule has 4 heteroatoms. The third-order valence-electron chi connectivity index (χ3n) is 1.59.